The second-order valence-electron chi connectivity index (χ2n) is 6.90. The SMILES string of the molecule is COC(=O)C1=C(C)N=c2sc(=Cc3ccc(Br)cc3)c(=O)n2C1c1ccc(SC)cc1. The fourth-order valence-corrected chi connectivity index (χ4v) is 5.22. The van der Waals surface area contributed by atoms with Crippen LogP contribution in [0.2, 0.25) is 0 Å². The van der Waals surface area contributed by atoms with E-state index >= 15 is 0 Å². The maximum atomic E-state index is 13.4. The lowest BCUT2D eigenvalue weighted by atomic mass is 9.96. The highest BCUT2D eigenvalue weighted by molar-refractivity contribution is 9.10. The minimum Gasteiger partial charge on any atom is -0.466 e. The van der Waals surface area contributed by atoms with Crippen molar-refractivity contribution in [2.24, 2.45) is 4.99 Å². The van der Waals surface area contributed by atoms with Gasteiger partial charge in [-0.2, -0.15) is 0 Å². The topological polar surface area (TPSA) is 60.7 Å². The Labute approximate surface area is 195 Å². The molecule has 1 atom stereocenters. The fourth-order valence-electron chi connectivity index (χ4n) is 3.50. The molecule has 31 heavy (non-hydrogen) atoms. The van der Waals surface area contributed by atoms with E-state index in [1.54, 1.807) is 23.3 Å². The quantitative estimate of drug-likeness (QED) is 0.391. The molecule has 4 rings (SSSR count). The number of esters is 1. The zero-order valence-corrected chi connectivity index (χ0v) is 20.3. The third-order valence-corrected chi connectivity index (χ3v) is 7.28. The molecule has 1 aromatic heterocycles. The molecule has 3 aromatic rings. The summed E-state index contributed by atoms with van der Waals surface area (Å²) in [7, 11) is 1.34. The van der Waals surface area contributed by atoms with E-state index in [1.165, 1.54) is 18.4 Å². The molecule has 0 saturated carbocycles. The van der Waals surface area contributed by atoms with Crippen LogP contribution in [0.15, 0.2) is 79.0 Å². The highest BCUT2D eigenvalue weighted by Gasteiger charge is 2.33. The van der Waals surface area contributed by atoms with Gasteiger partial charge in [-0.25, -0.2) is 9.79 Å². The van der Waals surface area contributed by atoms with Crippen molar-refractivity contribution >= 4 is 51.1 Å². The third-order valence-electron chi connectivity index (χ3n) is 5.03. The Bertz CT molecular complexity index is 1350. The first-order valence-corrected chi connectivity index (χ1v) is 12.3. The highest BCUT2D eigenvalue weighted by atomic mass is 79.9. The molecule has 8 heteroatoms. The van der Waals surface area contributed by atoms with E-state index in [2.05, 4.69) is 20.9 Å². The van der Waals surface area contributed by atoms with Crippen molar-refractivity contribution in [1.82, 2.24) is 4.57 Å². The van der Waals surface area contributed by atoms with Crippen LogP contribution in [-0.2, 0) is 9.53 Å². The van der Waals surface area contributed by atoms with E-state index < -0.39 is 12.0 Å². The van der Waals surface area contributed by atoms with E-state index in [1.807, 2.05) is 60.9 Å². The number of methoxy groups -OCH3 is 1. The van der Waals surface area contributed by atoms with Crippen LogP contribution in [0.5, 0.6) is 0 Å². The molecule has 0 amide bonds. The second kappa shape index (κ2) is 8.98. The number of carbonyl (C=O) groups excluding carboxylic acids is 1. The summed E-state index contributed by atoms with van der Waals surface area (Å²) in [6, 6.07) is 15.0. The van der Waals surface area contributed by atoms with Gasteiger partial charge in [-0.1, -0.05) is 51.5 Å². The van der Waals surface area contributed by atoms with Crippen LogP contribution in [0.3, 0.4) is 0 Å². The van der Waals surface area contributed by atoms with Crippen molar-refractivity contribution in [3.05, 3.63) is 95.1 Å². The van der Waals surface area contributed by atoms with Gasteiger partial charge in [0.15, 0.2) is 4.80 Å². The molecule has 0 spiro atoms. The number of carbonyl (C=O) groups is 1. The molecule has 1 aliphatic heterocycles. The van der Waals surface area contributed by atoms with Gasteiger partial charge in [0.2, 0.25) is 0 Å². The monoisotopic (exact) mass is 514 g/mol. The number of hydrogen-bond donors (Lipinski definition) is 0. The zero-order valence-electron chi connectivity index (χ0n) is 17.1. The summed E-state index contributed by atoms with van der Waals surface area (Å²) in [5.74, 6) is -0.484. The number of halogens is 1. The number of benzene rings is 2. The number of ether oxygens (including phenoxy) is 1. The minimum absolute atomic E-state index is 0.181. The van der Waals surface area contributed by atoms with E-state index in [9.17, 15) is 9.59 Å². The molecule has 1 unspecified atom stereocenters. The lowest BCUT2D eigenvalue weighted by Gasteiger charge is -2.24. The van der Waals surface area contributed by atoms with Crippen LogP contribution in [0.25, 0.3) is 6.08 Å². The fraction of sp³-hybridized carbons (Fsp3) is 0.174. The van der Waals surface area contributed by atoms with Crippen LogP contribution in [0.1, 0.15) is 24.1 Å². The normalized spacial score (nSPS) is 16.1. The van der Waals surface area contributed by atoms with Crippen LogP contribution >= 0.6 is 39.0 Å². The van der Waals surface area contributed by atoms with Crippen LogP contribution in [0, 0.1) is 0 Å². The molecule has 2 heterocycles. The molecule has 5 nitrogen and oxygen atoms in total. The van der Waals surface area contributed by atoms with Gasteiger partial charge in [-0.3, -0.25) is 9.36 Å². The van der Waals surface area contributed by atoms with Gasteiger partial charge in [0.25, 0.3) is 5.56 Å². The average Bonchev–Trinajstić information content (AvgIpc) is 3.08. The number of hydrogen-bond acceptors (Lipinski definition) is 6. The predicted octanol–water partition coefficient (Wildman–Crippen LogP) is 3.89. The smallest absolute Gasteiger partial charge is 0.338 e. The first-order chi connectivity index (χ1) is 14.9. The summed E-state index contributed by atoms with van der Waals surface area (Å²) in [4.78, 5) is 32.4. The van der Waals surface area contributed by atoms with Gasteiger partial charge in [-0.15, -0.1) is 11.8 Å². The van der Waals surface area contributed by atoms with E-state index in [0.29, 0.717) is 20.6 Å². The lowest BCUT2D eigenvalue weighted by Crippen LogP contribution is -2.39. The molecular weight excluding hydrogens is 496 g/mol. The maximum absolute atomic E-state index is 13.4. The van der Waals surface area contributed by atoms with Crippen molar-refractivity contribution in [2.75, 3.05) is 13.4 Å². The molecule has 2 aromatic carbocycles. The molecule has 0 radical (unpaired) electrons. The van der Waals surface area contributed by atoms with Gasteiger partial charge in [0.05, 0.1) is 29.0 Å². The zero-order chi connectivity index (χ0) is 22.1. The number of thiazole rings is 1. The summed E-state index contributed by atoms with van der Waals surface area (Å²) >= 11 is 6.38. The number of nitrogens with zero attached hydrogens (tertiary/aromatic N) is 2. The highest BCUT2D eigenvalue weighted by Crippen LogP contribution is 2.31. The molecule has 0 fully saturated rings. The van der Waals surface area contributed by atoms with E-state index in [0.717, 1.165) is 20.5 Å². The Kier molecular flexibility index (Phi) is 6.31. The van der Waals surface area contributed by atoms with Crippen molar-refractivity contribution in [3.63, 3.8) is 0 Å². The van der Waals surface area contributed by atoms with Crippen molar-refractivity contribution in [1.29, 1.82) is 0 Å². The predicted molar refractivity (Wildman–Crippen MR) is 128 cm³/mol. The standard InChI is InChI=1S/C23H19BrN2O3S2/c1-13-19(22(28)29-2)20(15-6-10-17(30-3)11-7-15)26-21(27)18(31-23(26)25-13)12-14-4-8-16(24)9-5-14/h4-12,20H,1-3H3. The average molecular weight is 515 g/mol. The third kappa shape index (κ3) is 4.20. The maximum Gasteiger partial charge on any atom is 0.338 e. The van der Waals surface area contributed by atoms with Gasteiger partial charge in [0.1, 0.15) is 0 Å². The van der Waals surface area contributed by atoms with Gasteiger partial charge in [-0.05, 0) is 54.6 Å². The number of fused-ring (bicyclic) bond motifs is 1. The summed E-state index contributed by atoms with van der Waals surface area (Å²) in [6.07, 6.45) is 3.85. The number of allylic oxidation sites excluding steroid dienone is 1. The number of rotatable bonds is 4. The summed E-state index contributed by atoms with van der Waals surface area (Å²) in [6.45, 7) is 1.78. The van der Waals surface area contributed by atoms with Gasteiger partial charge < -0.3 is 4.74 Å². The summed E-state index contributed by atoms with van der Waals surface area (Å²) in [5.41, 5.74) is 2.51. The molecule has 1 aliphatic rings. The van der Waals surface area contributed by atoms with Crippen LogP contribution < -0.4 is 14.9 Å². The Morgan fingerprint density at radius 1 is 1.19 bits per heavy atom. The molecule has 158 valence electrons. The van der Waals surface area contributed by atoms with E-state index in [4.69, 9.17) is 4.74 Å². The van der Waals surface area contributed by atoms with E-state index in [-0.39, 0.29) is 5.56 Å². The number of aromatic nitrogens is 1. The van der Waals surface area contributed by atoms with Gasteiger partial charge >= 0.3 is 5.97 Å². The van der Waals surface area contributed by atoms with Crippen molar-refractivity contribution < 1.29 is 9.53 Å². The molecule has 0 aliphatic carbocycles. The summed E-state index contributed by atoms with van der Waals surface area (Å²) in [5, 5.41) is 0. The molecule has 0 bridgehead atoms. The van der Waals surface area contributed by atoms with Crippen LogP contribution in [-0.4, -0.2) is 23.9 Å². The van der Waals surface area contributed by atoms with Gasteiger partial charge in [0, 0.05) is 9.37 Å². The lowest BCUT2D eigenvalue weighted by molar-refractivity contribution is -0.136. The Balaban J connectivity index is 1.94. The first-order valence-electron chi connectivity index (χ1n) is 9.43. The first kappa shape index (κ1) is 21.8. The Morgan fingerprint density at radius 2 is 1.87 bits per heavy atom. The molecule has 0 N–H and O–H groups in total. The Morgan fingerprint density at radius 3 is 2.48 bits per heavy atom. The minimum atomic E-state index is -0.591. The number of thioether (sulfide) groups is 1. The van der Waals surface area contributed by atoms with Crippen molar-refractivity contribution in [3.8, 4) is 0 Å². The second-order valence-corrected chi connectivity index (χ2v) is 9.70. The summed E-state index contributed by atoms with van der Waals surface area (Å²) < 4.78 is 8.17. The van der Waals surface area contributed by atoms with Crippen molar-refractivity contribution in [2.45, 2.75) is 17.9 Å². The Hall–Kier alpha value is -2.42. The molecule has 0 saturated heterocycles. The van der Waals surface area contributed by atoms with Crippen LogP contribution in [0.4, 0.5) is 0 Å². The largest absolute Gasteiger partial charge is 0.466 e. The molecular formula is C23H19BrN2O3S2.